The molecule has 0 radical (unpaired) electrons. The molecule has 54 heavy (non-hydrogen) atoms. The summed E-state index contributed by atoms with van der Waals surface area (Å²) in [4.78, 5) is 0. The SMILES string of the molecule is Brc1ccc(-c2ccc(C(=C(c3ccc(-c4ccc(Br)cc4)cc3)c3ccc(-c4ccc(Br)cc4)cc3)c3ccc(-c4ccc(Br)cc4)cc3)cc2)cc1. The monoisotopic (exact) mass is 948 g/mol. The van der Waals surface area contributed by atoms with E-state index < -0.39 is 0 Å². The van der Waals surface area contributed by atoms with E-state index in [9.17, 15) is 0 Å². The molecule has 0 saturated heterocycles. The van der Waals surface area contributed by atoms with E-state index in [-0.39, 0.29) is 0 Å². The molecule has 0 bridgehead atoms. The second-order valence-corrected chi connectivity index (χ2v) is 16.7. The van der Waals surface area contributed by atoms with Crippen LogP contribution in [-0.4, -0.2) is 0 Å². The summed E-state index contributed by atoms with van der Waals surface area (Å²) in [5, 5.41) is 0. The van der Waals surface area contributed by atoms with Crippen LogP contribution in [0, 0.1) is 0 Å². The summed E-state index contributed by atoms with van der Waals surface area (Å²) in [7, 11) is 0. The molecule has 260 valence electrons. The first-order valence-corrected chi connectivity index (χ1v) is 20.7. The second-order valence-electron chi connectivity index (χ2n) is 13.1. The first kappa shape index (κ1) is 36.4. The van der Waals surface area contributed by atoms with Gasteiger partial charge in [0.2, 0.25) is 0 Å². The van der Waals surface area contributed by atoms with E-state index in [0.29, 0.717) is 0 Å². The van der Waals surface area contributed by atoms with Crippen molar-refractivity contribution in [2.24, 2.45) is 0 Å². The zero-order chi connectivity index (χ0) is 37.0. The van der Waals surface area contributed by atoms with Crippen LogP contribution >= 0.6 is 63.7 Å². The summed E-state index contributed by atoms with van der Waals surface area (Å²) in [6.45, 7) is 0. The topological polar surface area (TPSA) is 0 Å². The lowest BCUT2D eigenvalue weighted by Crippen LogP contribution is -1.98. The fourth-order valence-electron chi connectivity index (χ4n) is 6.80. The van der Waals surface area contributed by atoms with E-state index in [1.807, 2.05) is 0 Å². The van der Waals surface area contributed by atoms with E-state index in [0.717, 1.165) is 40.1 Å². The summed E-state index contributed by atoms with van der Waals surface area (Å²) >= 11 is 14.3. The Morgan fingerprint density at radius 1 is 0.185 bits per heavy atom. The molecule has 0 aromatic heterocycles. The Morgan fingerprint density at radius 2 is 0.315 bits per heavy atom. The predicted octanol–water partition coefficient (Wildman–Crippen LogP) is 16.4. The molecule has 0 aliphatic rings. The van der Waals surface area contributed by atoms with Crippen molar-refractivity contribution in [3.8, 4) is 44.5 Å². The van der Waals surface area contributed by atoms with Crippen LogP contribution in [0.3, 0.4) is 0 Å². The lowest BCUT2D eigenvalue weighted by Gasteiger charge is -2.20. The van der Waals surface area contributed by atoms with Crippen molar-refractivity contribution in [3.63, 3.8) is 0 Å². The minimum absolute atomic E-state index is 1.07. The molecule has 8 aromatic rings. The highest BCUT2D eigenvalue weighted by Gasteiger charge is 2.18. The van der Waals surface area contributed by atoms with Crippen molar-refractivity contribution in [3.05, 3.63) is 234 Å². The van der Waals surface area contributed by atoms with Crippen LogP contribution in [0.4, 0.5) is 0 Å². The standard InChI is InChI=1S/C50H32Br4/c51-45-25-17-37(18-26-45)33-1-9-41(10-2-33)49(42-11-3-34(4-12-42)38-19-27-46(52)28-20-38)50(43-13-5-35(6-14-43)39-21-29-47(53)30-22-39)44-15-7-36(8-16-44)40-23-31-48(54)32-24-40/h1-32H. The van der Waals surface area contributed by atoms with Gasteiger partial charge in [-0.05, 0) is 126 Å². The van der Waals surface area contributed by atoms with E-state index in [1.54, 1.807) is 0 Å². The Kier molecular flexibility index (Phi) is 11.1. The lowest BCUT2D eigenvalue weighted by atomic mass is 9.84. The molecule has 0 amide bonds. The van der Waals surface area contributed by atoms with Crippen molar-refractivity contribution in [2.45, 2.75) is 0 Å². The molecule has 0 nitrogen and oxygen atoms in total. The molecular formula is C50H32Br4. The first-order chi connectivity index (χ1) is 26.4. The third-order valence-electron chi connectivity index (χ3n) is 9.65. The van der Waals surface area contributed by atoms with Gasteiger partial charge in [-0.15, -0.1) is 0 Å². The third-order valence-corrected chi connectivity index (χ3v) is 11.8. The molecule has 0 unspecified atom stereocenters. The quantitative estimate of drug-likeness (QED) is 0.133. The van der Waals surface area contributed by atoms with Gasteiger partial charge >= 0.3 is 0 Å². The zero-order valence-electron chi connectivity index (χ0n) is 29.0. The smallest absolute Gasteiger partial charge is 0.0175 e. The zero-order valence-corrected chi connectivity index (χ0v) is 35.3. The maximum absolute atomic E-state index is 3.59. The number of rotatable bonds is 8. The van der Waals surface area contributed by atoms with Crippen molar-refractivity contribution < 1.29 is 0 Å². The average Bonchev–Trinajstić information content (AvgIpc) is 3.22. The Morgan fingerprint density at radius 3 is 0.463 bits per heavy atom. The van der Waals surface area contributed by atoms with Crippen LogP contribution < -0.4 is 0 Å². The molecule has 0 atom stereocenters. The van der Waals surface area contributed by atoms with Gasteiger partial charge in [-0.2, -0.15) is 0 Å². The van der Waals surface area contributed by atoms with E-state index >= 15 is 0 Å². The van der Waals surface area contributed by atoms with Gasteiger partial charge in [-0.25, -0.2) is 0 Å². The minimum atomic E-state index is 1.07. The number of halogens is 4. The Hall–Kier alpha value is -4.58. The molecule has 0 saturated carbocycles. The van der Waals surface area contributed by atoms with Crippen molar-refractivity contribution >= 4 is 74.9 Å². The molecule has 0 heterocycles. The Balaban J connectivity index is 1.32. The molecule has 4 heteroatoms. The van der Waals surface area contributed by atoms with E-state index in [1.165, 1.54) is 55.7 Å². The summed E-state index contributed by atoms with van der Waals surface area (Å²) < 4.78 is 4.28. The van der Waals surface area contributed by atoms with E-state index in [4.69, 9.17) is 0 Å². The van der Waals surface area contributed by atoms with Gasteiger partial charge in [0, 0.05) is 17.9 Å². The number of benzene rings is 8. The molecule has 0 spiro atoms. The molecule has 0 aliphatic carbocycles. The van der Waals surface area contributed by atoms with Crippen molar-refractivity contribution in [1.82, 2.24) is 0 Å². The maximum Gasteiger partial charge on any atom is 0.0175 e. The third kappa shape index (κ3) is 8.23. The van der Waals surface area contributed by atoms with Crippen molar-refractivity contribution in [2.75, 3.05) is 0 Å². The van der Waals surface area contributed by atoms with Gasteiger partial charge in [0.25, 0.3) is 0 Å². The van der Waals surface area contributed by atoms with Crippen LogP contribution in [0.1, 0.15) is 22.3 Å². The molecule has 8 aromatic carbocycles. The van der Waals surface area contributed by atoms with Gasteiger partial charge in [0.15, 0.2) is 0 Å². The summed E-state index contributed by atoms with van der Waals surface area (Å²) in [6.07, 6.45) is 0. The summed E-state index contributed by atoms with van der Waals surface area (Å²) in [5.74, 6) is 0. The van der Waals surface area contributed by atoms with Crippen LogP contribution in [0.15, 0.2) is 212 Å². The minimum Gasteiger partial charge on any atom is -0.0538 e. The number of hydrogen-bond acceptors (Lipinski definition) is 0. The van der Waals surface area contributed by atoms with Gasteiger partial charge in [-0.1, -0.05) is 209 Å². The normalized spacial score (nSPS) is 11.0. The van der Waals surface area contributed by atoms with Gasteiger partial charge in [-0.3, -0.25) is 0 Å². The lowest BCUT2D eigenvalue weighted by molar-refractivity contribution is 1.49. The predicted molar refractivity (Wildman–Crippen MR) is 243 cm³/mol. The summed E-state index contributed by atoms with van der Waals surface area (Å²) in [5.41, 5.74) is 16.4. The van der Waals surface area contributed by atoms with Crippen LogP contribution in [0.25, 0.3) is 55.7 Å². The largest absolute Gasteiger partial charge is 0.0538 e. The Labute approximate surface area is 350 Å². The first-order valence-electron chi connectivity index (χ1n) is 17.6. The fourth-order valence-corrected chi connectivity index (χ4v) is 7.85. The van der Waals surface area contributed by atoms with Crippen molar-refractivity contribution in [1.29, 1.82) is 0 Å². The highest BCUT2D eigenvalue weighted by Crippen LogP contribution is 2.40. The van der Waals surface area contributed by atoms with Gasteiger partial charge in [0.05, 0.1) is 0 Å². The van der Waals surface area contributed by atoms with Crippen LogP contribution in [0.5, 0.6) is 0 Å². The van der Waals surface area contributed by atoms with E-state index in [2.05, 4.69) is 258 Å². The Bertz CT molecular complexity index is 2170. The molecule has 8 rings (SSSR count). The van der Waals surface area contributed by atoms with Gasteiger partial charge < -0.3 is 0 Å². The highest BCUT2D eigenvalue weighted by molar-refractivity contribution is 9.11. The molecular weight excluding hydrogens is 920 g/mol. The fraction of sp³-hybridized carbons (Fsp3) is 0. The summed E-state index contributed by atoms with van der Waals surface area (Å²) in [6, 6.07) is 70.0. The maximum atomic E-state index is 3.59. The second kappa shape index (κ2) is 16.4. The van der Waals surface area contributed by atoms with Crippen LogP contribution in [0.2, 0.25) is 0 Å². The number of hydrogen-bond donors (Lipinski definition) is 0. The van der Waals surface area contributed by atoms with Gasteiger partial charge in [0.1, 0.15) is 0 Å². The average molecular weight is 952 g/mol. The molecule has 0 aliphatic heterocycles. The van der Waals surface area contributed by atoms with Crippen LogP contribution in [-0.2, 0) is 0 Å². The molecule has 0 N–H and O–H groups in total. The molecule has 0 fully saturated rings. The highest BCUT2D eigenvalue weighted by atomic mass is 79.9.